The lowest BCUT2D eigenvalue weighted by Gasteiger charge is -2.07. The molecule has 0 heterocycles. The van der Waals surface area contributed by atoms with Crippen molar-refractivity contribution in [3.05, 3.63) is 34.3 Å². The minimum Gasteiger partial charge on any atom is -0.0651 e. The summed E-state index contributed by atoms with van der Waals surface area (Å²) in [7, 11) is 0. The van der Waals surface area contributed by atoms with Gasteiger partial charge in [-0.25, -0.2) is 0 Å². The predicted molar refractivity (Wildman–Crippen MR) is 66.5 cm³/mol. The Bertz CT molecular complexity index is 250. The highest BCUT2D eigenvalue weighted by Crippen LogP contribution is 2.15. The first kappa shape index (κ1) is 11.8. The van der Waals surface area contributed by atoms with Gasteiger partial charge in [0.05, 0.1) is 0 Å². The maximum absolute atomic E-state index is 3.45. The largest absolute Gasteiger partial charge is 0.0651 e. The molecule has 1 aromatic carbocycles. The van der Waals surface area contributed by atoms with Crippen molar-refractivity contribution in [1.82, 2.24) is 0 Å². The predicted octanol–water partition coefficient (Wildman–Crippen LogP) is 4.82. The SMILES string of the molecule is CC[C@H](C)CCCc1ccc(Br)cc1. The van der Waals surface area contributed by atoms with Crippen LogP contribution in [0.3, 0.4) is 0 Å². The third kappa shape index (κ3) is 4.28. The zero-order valence-electron chi connectivity index (χ0n) is 9.09. The molecule has 0 unspecified atom stereocenters. The molecule has 0 radical (unpaired) electrons. The van der Waals surface area contributed by atoms with Crippen LogP contribution in [0, 0.1) is 5.92 Å². The minimum absolute atomic E-state index is 0.880. The van der Waals surface area contributed by atoms with Crippen LogP contribution in [0.25, 0.3) is 0 Å². The molecule has 0 aliphatic rings. The first-order valence-corrected chi connectivity index (χ1v) is 6.26. The zero-order chi connectivity index (χ0) is 10.4. The molecular weight excluding hydrogens is 236 g/mol. The van der Waals surface area contributed by atoms with E-state index in [0.717, 1.165) is 5.92 Å². The normalized spacial score (nSPS) is 12.8. The van der Waals surface area contributed by atoms with E-state index in [1.165, 1.54) is 35.7 Å². The van der Waals surface area contributed by atoms with Crippen molar-refractivity contribution in [2.75, 3.05) is 0 Å². The summed E-state index contributed by atoms with van der Waals surface area (Å²) in [5.74, 6) is 0.880. The average molecular weight is 255 g/mol. The Balaban J connectivity index is 2.28. The fourth-order valence-corrected chi connectivity index (χ4v) is 1.77. The van der Waals surface area contributed by atoms with Crippen LogP contribution in [0.2, 0.25) is 0 Å². The van der Waals surface area contributed by atoms with Gasteiger partial charge in [-0.05, 0) is 36.5 Å². The van der Waals surface area contributed by atoms with Crippen molar-refractivity contribution in [3.8, 4) is 0 Å². The first-order valence-electron chi connectivity index (χ1n) is 5.46. The van der Waals surface area contributed by atoms with Gasteiger partial charge in [0.1, 0.15) is 0 Å². The van der Waals surface area contributed by atoms with Gasteiger partial charge in [-0.1, -0.05) is 54.8 Å². The lowest BCUT2D eigenvalue weighted by atomic mass is 9.99. The van der Waals surface area contributed by atoms with Gasteiger partial charge < -0.3 is 0 Å². The average Bonchev–Trinajstić information content (AvgIpc) is 2.21. The summed E-state index contributed by atoms with van der Waals surface area (Å²) in [5, 5.41) is 0. The number of rotatable bonds is 5. The molecule has 1 atom stereocenters. The van der Waals surface area contributed by atoms with E-state index in [1.54, 1.807) is 0 Å². The molecule has 1 rings (SSSR count). The van der Waals surface area contributed by atoms with E-state index in [1.807, 2.05) is 0 Å². The molecule has 0 aliphatic heterocycles. The highest BCUT2D eigenvalue weighted by molar-refractivity contribution is 9.10. The van der Waals surface area contributed by atoms with Crippen LogP contribution in [-0.4, -0.2) is 0 Å². The molecule has 0 aromatic heterocycles. The monoisotopic (exact) mass is 254 g/mol. The fourth-order valence-electron chi connectivity index (χ4n) is 1.51. The lowest BCUT2D eigenvalue weighted by molar-refractivity contribution is 0.496. The van der Waals surface area contributed by atoms with Crippen LogP contribution >= 0.6 is 15.9 Å². The summed E-state index contributed by atoms with van der Waals surface area (Å²) < 4.78 is 1.17. The summed E-state index contributed by atoms with van der Waals surface area (Å²) in [6.45, 7) is 4.60. The summed E-state index contributed by atoms with van der Waals surface area (Å²) in [6.07, 6.45) is 5.20. The van der Waals surface area contributed by atoms with Crippen molar-refractivity contribution in [1.29, 1.82) is 0 Å². The van der Waals surface area contributed by atoms with Crippen LogP contribution in [0.1, 0.15) is 38.7 Å². The fraction of sp³-hybridized carbons (Fsp3) is 0.538. The van der Waals surface area contributed by atoms with Crippen LogP contribution in [0.15, 0.2) is 28.7 Å². The van der Waals surface area contributed by atoms with Gasteiger partial charge in [0, 0.05) is 4.47 Å². The van der Waals surface area contributed by atoms with Gasteiger partial charge in [0.2, 0.25) is 0 Å². The van der Waals surface area contributed by atoms with Gasteiger partial charge in [0.25, 0.3) is 0 Å². The van der Waals surface area contributed by atoms with Gasteiger partial charge in [0.15, 0.2) is 0 Å². The van der Waals surface area contributed by atoms with Crippen LogP contribution in [-0.2, 0) is 6.42 Å². The van der Waals surface area contributed by atoms with E-state index in [-0.39, 0.29) is 0 Å². The number of aryl methyl sites for hydroxylation is 1. The molecule has 1 heteroatoms. The van der Waals surface area contributed by atoms with Crippen LogP contribution < -0.4 is 0 Å². The van der Waals surface area contributed by atoms with Gasteiger partial charge in [-0.2, -0.15) is 0 Å². The van der Waals surface area contributed by atoms with Crippen molar-refractivity contribution in [2.45, 2.75) is 39.5 Å². The van der Waals surface area contributed by atoms with E-state index in [0.29, 0.717) is 0 Å². The van der Waals surface area contributed by atoms with Gasteiger partial charge in [-0.3, -0.25) is 0 Å². The molecule has 0 nitrogen and oxygen atoms in total. The van der Waals surface area contributed by atoms with Gasteiger partial charge >= 0.3 is 0 Å². The Morgan fingerprint density at radius 2 is 1.86 bits per heavy atom. The minimum atomic E-state index is 0.880. The summed E-state index contributed by atoms with van der Waals surface area (Å²) in [5.41, 5.74) is 1.46. The molecule has 1 aromatic rings. The highest BCUT2D eigenvalue weighted by atomic mass is 79.9. The van der Waals surface area contributed by atoms with Crippen LogP contribution in [0.5, 0.6) is 0 Å². The molecule has 0 spiro atoms. The van der Waals surface area contributed by atoms with E-state index in [2.05, 4.69) is 54.0 Å². The second-order valence-electron chi connectivity index (χ2n) is 4.03. The Morgan fingerprint density at radius 1 is 1.21 bits per heavy atom. The van der Waals surface area contributed by atoms with E-state index >= 15 is 0 Å². The quantitative estimate of drug-likeness (QED) is 0.707. The Hall–Kier alpha value is -0.300. The maximum atomic E-state index is 3.45. The van der Waals surface area contributed by atoms with Crippen molar-refractivity contribution < 1.29 is 0 Å². The van der Waals surface area contributed by atoms with E-state index in [4.69, 9.17) is 0 Å². The molecule has 0 fully saturated rings. The highest BCUT2D eigenvalue weighted by Gasteiger charge is 1.99. The molecule has 0 saturated heterocycles. The number of hydrogen-bond donors (Lipinski definition) is 0. The molecule has 0 amide bonds. The summed E-state index contributed by atoms with van der Waals surface area (Å²) in [4.78, 5) is 0. The van der Waals surface area contributed by atoms with Crippen LogP contribution in [0.4, 0.5) is 0 Å². The molecule has 0 aliphatic carbocycles. The molecule has 78 valence electrons. The number of benzene rings is 1. The first-order chi connectivity index (χ1) is 6.72. The van der Waals surface area contributed by atoms with E-state index in [9.17, 15) is 0 Å². The molecule has 0 N–H and O–H groups in total. The van der Waals surface area contributed by atoms with Crippen molar-refractivity contribution in [2.24, 2.45) is 5.92 Å². The van der Waals surface area contributed by atoms with E-state index < -0.39 is 0 Å². The molecule has 14 heavy (non-hydrogen) atoms. The molecule has 0 bridgehead atoms. The Kier molecular flexibility index (Phi) is 5.24. The summed E-state index contributed by atoms with van der Waals surface area (Å²) >= 11 is 3.45. The number of halogens is 1. The number of hydrogen-bond acceptors (Lipinski definition) is 0. The second-order valence-corrected chi connectivity index (χ2v) is 4.95. The lowest BCUT2D eigenvalue weighted by Crippen LogP contribution is -1.93. The Morgan fingerprint density at radius 3 is 2.43 bits per heavy atom. The molecular formula is C13H19Br. The zero-order valence-corrected chi connectivity index (χ0v) is 10.7. The third-order valence-electron chi connectivity index (χ3n) is 2.77. The van der Waals surface area contributed by atoms with Crippen molar-refractivity contribution in [3.63, 3.8) is 0 Å². The Labute approximate surface area is 95.9 Å². The molecule has 0 saturated carbocycles. The second kappa shape index (κ2) is 6.23. The standard InChI is InChI=1S/C13H19Br/c1-3-11(2)5-4-6-12-7-9-13(14)10-8-12/h7-11H,3-6H2,1-2H3/t11-/m0/s1. The summed E-state index contributed by atoms with van der Waals surface area (Å²) in [6, 6.07) is 8.67. The van der Waals surface area contributed by atoms with Gasteiger partial charge in [-0.15, -0.1) is 0 Å². The topological polar surface area (TPSA) is 0 Å². The third-order valence-corrected chi connectivity index (χ3v) is 3.30. The van der Waals surface area contributed by atoms with Crippen molar-refractivity contribution >= 4 is 15.9 Å². The smallest absolute Gasteiger partial charge is 0.0175 e. The maximum Gasteiger partial charge on any atom is 0.0175 e.